The zero-order chi connectivity index (χ0) is 15.7. The maximum absolute atomic E-state index is 13.6. The number of halogens is 4. The summed E-state index contributed by atoms with van der Waals surface area (Å²) in [5.41, 5.74) is -1.71. The highest BCUT2D eigenvalue weighted by Gasteiger charge is 2.38. The third-order valence-corrected chi connectivity index (χ3v) is 3.72. The van der Waals surface area contributed by atoms with Crippen molar-refractivity contribution < 1.29 is 22.1 Å². The molecule has 2 nitrogen and oxygen atoms in total. The normalized spacial score (nSPS) is 15.3. The molecule has 7 heteroatoms. The maximum atomic E-state index is 13.6. The maximum Gasteiger partial charge on any atom is 0.292 e. The van der Waals surface area contributed by atoms with Gasteiger partial charge in [-0.15, -0.1) is 0 Å². The van der Waals surface area contributed by atoms with Gasteiger partial charge < -0.3 is 4.55 Å². The number of nitrogens with zero attached hydrogens (tertiary/aromatic N) is 1. The van der Waals surface area contributed by atoms with Gasteiger partial charge in [0.05, 0.1) is 0 Å². The van der Waals surface area contributed by atoms with E-state index in [4.69, 9.17) is 0 Å². The lowest BCUT2D eigenvalue weighted by Gasteiger charge is -2.21. The first-order chi connectivity index (χ1) is 8.94. The van der Waals surface area contributed by atoms with Crippen molar-refractivity contribution >= 4 is 17.1 Å². The van der Waals surface area contributed by atoms with Crippen LogP contribution in [0, 0.1) is 11.6 Å². The molecule has 0 fully saturated rings. The van der Waals surface area contributed by atoms with E-state index in [1.165, 1.54) is 0 Å². The Morgan fingerprint density at radius 1 is 1.15 bits per heavy atom. The van der Waals surface area contributed by atoms with Crippen LogP contribution in [0.15, 0.2) is 22.6 Å². The standard InChI is InChI=1S/C13H15F4NOS/c1-12(2,3)20(19)18-11(13(4,16)17)8-6-5-7-9(14)10(8)15/h5-7H,1-4H3/b18-11+. The molecule has 0 bridgehead atoms. The van der Waals surface area contributed by atoms with Crippen molar-refractivity contribution in [1.82, 2.24) is 0 Å². The number of rotatable bonds is 3. The predicted octanol–water partition coefficient (Wildman–Crippen LogP) is 3.87. The molecule has 0 saturated heterocycles. The molecule has 0 amide bonds. The molecular weight excluding hydrogens is 294 g/mol. The lowest BCUT2D eigenvalue weighted by Crippen LogP contribution is -2.32. The zero-order valence-electron chi connectivity index (χ0n) is 11.5. The fourth-order valence-corrected chi connectivity index (χ4v) is 1.97. The molecule has 1 rings (SSSR count). The fourth-order valence-electron chi connectivity index (χ4n) is 1.27. The first-order valence-electron chi connectivity index (χ1n) is 5.78. The SMILES string of the molecule is CC(F)(F)/C(=N/[S+]([O-])C(C)(C)C)c1cccc(F)c1F. The average molecular weight is 309 g/mol. The number of hydrogen-bond donors (Lipinski definition) is 0. The smallest absolute Gasteiger partial charge is 0.292 e. The Labute approximate surface area is 118 Å². The molecule has 1 aromatic rings. The first kappa shape index (κ1) is 17.0. The summed E-state index contributed by atoms with van der Waals surface area (Å²) in [4.78, 5) is 0. The van der Waals surface area contributed by atoms with Crippen molar-refractivity contribution in [3.8, 4) is 0 Å². The Kier molecular flexibility index (Phi) is 4.86. The van der Waals surface area contributed by atoms with Gasteiger partial charge in [0, 0.05) is 12.5 Å². The second kappa shape index (κ2) is 5.73. The Hall–Kier alpha value is -1.08. The highest BCUT2D eigenvalue weighted by Crippen LogP contribution is 2.27. The minimum Gasteiger partial charge on any atom is -0.591 e. The van der Waals surface area contributed by atoms with Crippen LogP contribution in [0.1, 0.15) is 33.3 Å². The molecule has 1 aromatic carbocycles. The summed E-state index contributed by atoms with van der Waals surface area (Å²) < 4.78 is 68.3. The zero-order valence-corrected chi connectivity index (χ0v) is 12.3. The lowest BCUT2D eigenvalue weighted by molar-refractivity contribution is 0.101. The predicted molar refractivity (Wildman–Crippen MR) is 71.4 cm³/mol. The molecule has 0 saturated carbocycles. The summed E-state index contributed by atoms with van der Waals surface area (Å²) in [5, 5.41) is 0. The van der Waals surface area contributed by atoms with E-state index in [1.807, 2.05) is 0 Å². The minimum atomic E-state index is -3.55. The highest BCUT2D eigenvalue weighted by atomic mass is 32.2. The van der Waals surface area contributed by atoms with Crippen molar-refractivity contribution in [3.63, 3.8) is 0 Å². The van der Waals surface area contributed by atoms with Crippen LogP contribution >= 0.6 is 0 Å². The fraction of sp³-hybridized carbons (Fsp3) is 0.462. The van der Waals surface area contributed by atoms with Crippen LogP contribution in [-0.2, 0) is 11.4 Å². The van der Waals surface area contributed by atoms with E-state index in [1.54, 1.807) is 20.8 Å². The first-order valence-corrected chi connectivity index (χ1v) is 6.88. The van der Waals surface area contributed by atoms with E-state index in [2.05, 4.69) is 4.40 Å². The van der Waals surface area contributed by atoms with E-state index >= 15 is 0 Å². The Morgan fingerprint density at radius 2 is 1.70 bits per heavy atom. The lowest BCUT2D eigenvalue weighted by atomic mass is 10.1. The van der Waals surface area contributed by atoms with Gasteiger partial charge in [0.2, 0.25) is 0 Å². The topological polar surface area (TPSA) is 35.4 Å². The average Bonchev–Trinajstić information content (AvgIpc) is 2.27. The molecule has 1 atom stereocenters. The molecule has 0 aliphatic rings. The molecule has 0 N–H and O–H groups in total. The van der Waals surface area contributed by atoms with Gasteiger partial charge in [-0.3, -0.25) is 0 Å². The van der Waals surface area contributed by atoms with Crippen molar-refractivity contribution in [2.24, 2.45) is 4.40 Å². The van der Waals surface area contributed by atoms with Gasteiger partial charge in [0.15, 0.2) is 17.3 Å². The summed E-state index contributed by atoms with van der Waals surface area (Å²) >= 11 is -2.01. The third kappa shape index (κ3) is 3.96. The molecule has 112 valence electrons. The Balaban J connectivity index is 3.42. The third-order valence-electron chi connectivity index (χ3n) is 2.32. The van der Waals surface area contributed by atoms with E-state index in [0.717, 1.165) is 18.2 Å². The summed E-state index contributed by atoms with van der Waals surface area (Å²) in [6.45, 7) is 5.12. The minimum absolute atomic E-state index is 0.496. The van der Waals surface area contributed by atoms with Crippen LogP contribution < -0.4 is 0 Å². The molecule has 0 radical (unpaired) electrons. The van der Waals surface area contributed by atoms with Gasteiger partial charge in [0.25, 0.3) is 5.92 Å². The number of alkyl halides is 2. The monoisotopic (exact) mass is 309 g/mol. The summed E-state index contributed by atoms with van der Waals surface area (Å²) in [7, 11) is 0. The summed E-state index contributed by atoms with van der Waals surface area (Å²) in [5.74, 6) is -6.24. The number of benzene rings is 1. The van der Waals surface area contributed by atoms with Gasteiger partial charge in [-0.2, -0.15) is 8.78 Å². The highest BCUT2D eigenvalue weighted by molar-refractivity contribution is 7.91. The van der Waals surface area contributed by atoms with Crippen molar-refractivity contribution in [2.75, 3.05) is 0 Å². The van der Waals surface area contributed by atoms with Gasteiger partial charge in [-0.1, -0.05) is 10.5 Å². The van der Waals surface area contributed by atoms with Crippen LogP contribution in [0.25, 0.3) is 0 Å². The molecule has 1 unspecified atom stereocenters. The number of hydrogen-bond acceptors (Lipinski definition) is 2. The van der Waals surface area contributed by atoms with Crippen LogP contribution in [0.5, 0.6) is 0 Å². The quantitative estimate of drug-likeness (QED) is 0.474. The second-order valence-corrected chi connectivity index (χ2v) is 7.20. The largest absolute Gasteiger partial charge is 0.591 e. The van der Waals surface area contributed by atoms with Crippen LogP contribution in [0.2, 0.25) is 0 Å². The van der Waals surface area contributed by atoms with Crippen molar-refractivity contribution in [2.45, 2.75) is 38.4 Å². The van der Waals surface area contributed by atoms with E-state index in [0.29, 0.717) is 6.92 Å². The molecule has 0 aliphatic carbocycles. The molecule has 0 spiro atoms. The van der Waals surface area contributed by atoms with Crippen LogP contribution in [0.4, 0.5) is 17.6 Å². The van der Waals surface area contributed by atoms with Crippen LogP contribution in [0.3, 0.4) is 0 Å². The summed E-state index contributed by atoms with van der Waals surface area (Å²) in [6, 6.07) is 2.88. The Bertz CT molecular complexity index is 520. The molecule has 0 aromatic heterocycles. The Morgan fingerprint density at radius 3 is 2.15 bits per heavy atom. The summed E-state index contributed by atoms with van der Waals surface area (Å²) in [6.07, 6.45) is 0. The molecule has 0 heterocycles. The second-order valence-electron chi connectivity index (χ2n) is 5.29. The van der Waals surface area contributed by atoms with Crippen molar-refractivity contribution in [1.29, 1.82) is 0 Å². The van der Waals surface area contributed by atoms with E-state index in [9.17, 15) is 22.1 Å². The van der Waals surface area contributed by atoms with Gasteiger partial charge in [-0.05, 0) is 32.9 Å². The molecule has 20 heavy (non-hydrogen) atoms. The molecule has 0 aliphatic heterocycles. The van der Waals surface area contributed by atoms with Gasteiger partial charge >= 0.3 is 0 Å². The molecular formula is C13H15F4NOS. The van der Waals surface area contributed by atoms with Gasteiger partial charge in [-0.25, -0.2) is 8.78 Å². The van der Waals surface area contributed by atoms with Gasteiger partial charge in [0.1, 0.15) is 16.1 Å². The van der Waals surface area contributed by atoms with E-state index < -0.39 is 44.9 Å². The van der Waals surface area contributed by atoms with Crippen LogP contribution in [-0.4, -0.2) is 20.9 Å². The van der Waals surface area contributed by atoms with Crippen molar-refractivity contribution in [3.05, 3.63) is 35.4 Å². The van der Waals surface area contributed by atoms with E-state index in [-0.39, 0.29) is 0 Å².